The topological polar surface area (TPSA) is 33.1 Å². The van der Waals surface area contributed by atoms with Gasteiger partial charge in [0.05, 0.1) is 5.69 Å². The van der Waals surface area contributed by atoms with Crippen LogP contribution in [0.3, 0.4) is 0 Å². The quantitative estimate of drug-likeness (QED) is 0.856. The lowest BCUT2D eigenvalue weighted by Crippen LogP contribution is -2.28. The molecule has 0 amide bonds. The molecule has 1 aliphatic heterocycles. The van der Waals surface area contributed by atoms with E-state index in [0.717, 1.165) is 13.1 Å². The van der Waals surface area contributed by atoms with Crippen LogP contribution in [-0.4, -0.2) is 41.4 Å². The summed E-state index contributed by atoms with van der Waals surface area (Å²) in [5.74, 6) is 0.711. The standard InChI is InChI=1S/C13H24N4/c1-5-14-8-11-6-7-16(3)13(11)12-9-17(4)15-10(12)2/h9,11,13-14H,5-8H2,1-4H3. The first-order valence-corrected chi connectivity index (χ1v) is 6.54. The molecule has 1 fully saturated rings. The summed E-state index contributed by atoms with van der Waals surface area (Å²) in [7, 11) is 4.23. The third kappa shape index (κ3) is 2.53. The Labute approximate surface area is 104 Å². The number of nitrogens with one attached hydrogen (secondary N) is 1. The van der Waals surface area contributed by atoms with Gasteiger partial charge in [-0.15, -0.1) is 0 Å². The smallest absolute Gasteiger partial charge is 0.0641 e. The molecule has 0 saturated carbocycles. The Hall–Kier alpha value is -0.870. The van der Waals surface area contributed by atoms with Crippen molar-refractivity contribution in [2.75, 3.05) is 26.7 Å². The van der Waals surface area contributed by atoms with Gasteiger partial charge in [-0.3, -0.25) is 9.58 Å². The molecule has 1 aromatic heterocycles. The molecule has 1 saturated heterocycles. The van der Waals surface area contributed by atoms with E-state index in [1.54, 1.807) is 0 Å². The monoisotopic (exact) mass is 236 g/mol. The molecule has 0 aliphatic carbocycles. The van der Waals surface area contributed by atoms with Gasteiger partial charge in [0, 0.05) is 24.8 Å². The molecule has 1 N–H and O–H groups in total. The fourth-order valence-corrected chi connectivity index (χ4v) is 2.97. The lowest BCUT2D eigenvalue weighted by atomic mass is 9.94. The molecule has 0 radical (unpaired) electrons. The zero-order chi connectivity index (χ0) is 12.4. The van der Waals surface area contributed by atoms with E-state index in [-0.39, 0.29) is 0 Å². The van der Waals surface area contributed by atoms with Crippen molar-refractivity contribution < 1.29 is 0 Å². The summed E-state index contributed by atoms with van der Waals surface area (Å²) in [4.78, 5) is 2.46. The fourth-order valence-electron chi connectivity index (χ4n) is 2.97. The number of aryl methyl sites for hydroxylation is 2. The number of hydrogen-bond donors (Lipinski definition) is 1. The average molecular weight is 236 g/mol. The molecule has 2 rings (SSSR count). The Morgan fingerprint density at radius 1 is 1.47 bits per heavy atom. The van der Waals surface area contributed by atoms with Gasteiger partial charge in [0.1, 0.15) is 0 Å². The van der Waals surface area contributed by atoms with E-state index in [2.05, 4.69) is 42.4 Å². The second-order valence-electron chi connectivity index (χ2n) is 5.13. The van der Waals surface area contributed by atoms with Crippen LogP contribution in [0.5, 0.6) is 0 Å². The molecule has 0 bridgehead atoms. The molecular weight excluding hydrogens is 212 g/mol. The van der Waals surface area contributed by atoms with Gasteiger partial charge < -0.3 is 5.32 Å². The zero-order valence-electron chi connectivity index (χ0n) is 11.4. The predicted molar refractivity (Wildman–Crippen MR) is 70.0 cm³/mol. The van der Waals surface area contributed by atoms with Gasteiger partial charge in [-0.2, -0.15) is 5.10 Å². The van der Waals surface area contributed by atoms with E-state index < -0.39 is 0 Å². The molecular formula is C13H24N4. The van der Waals surface area contributed by atoms with E-state index in [1.807, 2.05) is 11.7 Å². The summed E-state index contributed by atoms with van der Waals surface area (Å²) in [6.45, 7) is 7.64. The number of aromatic nitrogens is 2. The molecule has 2 heterocycles. The Bertz CT molecular complexity index is 371. The molecule has 2 atom stereocenters. The summed E-state index contributed by atoms with van der Waals surface area (Å²) in [5.41, 5.74) is 2.57. The number of likely N-dealkylation sites (tertiary alicyclic amines) is 1. The van der Waals surface area contributed by atoms with Gasteiger partial charge >= 0.3 is 0 Å². The molecule has 1 aliphatic rings. The summed E-state index contributed by atoms with van der Waals surface area (Å²) >= 11 is 0. The highest BCUT2D eigenvalue weighted by atomic mass is 15.3. The van der Waals surface area contributed by atoms with E-state index in [0.29, 0.717) is 12.0 Å². The van der Waals surface area contributed by atoms with Crippen molar-refractivity contribution in [3.8, 4) is 0 Å². The van der Waals surface area contributed by atoms with Gasteiger partial charge in [-0.1, -0.05) is 6.92 Å². The van der Waals surface area contributed by atoms with E-state index in [1.165, 1.54) is 24.2 Å². The van der Waals surface area contributed by atoms with Crippen LogP contribution in [0.25, 0.3) is 0 Å². The van der Waals surface area contributed by atoms with Crippen LogP contribution in [-0.2, 0) is 7.05 Å². The molecule has 4 heteroatoms. The van der Waals surface area contributed by atoms with Crippen molar-refractivity contribution in [2.24, 2.45) is 13.0 Å². The minimum atomic E-state index is 0.530. The fraction of sp³-hybridized carbons (Fsp3) is 0.769. The molecule has 1 aromatic rings. The van der Waals surface area contributed by atoms with Crippen LogP contribution in [0.1, 0.15) is 30.6 Å². The van der Waals surface area contributed by atoms with Gasteiger partial charge in [0.2, 0.25) is 0 Å². The molecule has 17 heavy (non-hydrogen) atoms. The molecule has 2 unspecified atom stereocenters. The average Bonchev–Trinajstić information content (AvgIpc) is 2.79. The van der Waals surface area contributed by atoms with Gasteiger partial charge in [0.25, 0.3) is 0 Å². The first-order valence-electron chi connectivity index (χ1n) is 6.54. The Morgan fingerprint density at radius 2 is 2.24 bits per heavy atom. The van der Waals surface area contributed by atoms with E-state index in [4.69, 9.17) is 0 Å². The molecule has 0 aromatic carbocycles. The van der Waals surface area contributed by atoms with Crippen LogP contribution in [0, 0.1) is 12.8 Å². The van der Waals surface area contributed by atoms with Crippen LogP contribution in [0.4, 0.5) is 0 Å². The van der Waals surface area contributed by atoms with Crippen LogP contribution < -0.4 is 5.32 Å². The Kier molecular flexibility index (Phi) is 3.84. The highest BCUT2D eigenvalue weighted by Gasteiger charge is 2.34. The largest absolute Gasteiger partial charge is 0.317 e. The maximum Gasteiger partial charge on any atom is 0.0641 e. The second kappa shape index (κ2) is 5.19. The van der Waals surface area contributed by atoms with Crippen molar-refractivity contribution >= 4 is 0 Å². The van der Waals surface area contributed by atoms with Crippen molar-refractivity contribution in [3.63, 3.8) is 0 Å². The van der Waals surface area contributed by atoms with Crippen LogP contribution in [0.2, 0.25) is 0 Å². The predicted octanol–water partition coefficient (Wildman–Crippen LogP) is 1.33. The highest BCUT2D eigenvalue weighted by molar-refractivity contribution is 5.22. The number of rotatable bonds is 4. The van der Waals surface area contributed by atoms with E-state index >= 15 is 0 Å². The van der Waals surface area contributed by atoms with Gasteiger partial charge in [0.15, 0.2) is 0 Å². The summed E-state index contributed by atoms with van der Waals surface area (Å²) in [6.07, 6.45) is 3.46. The first kappa shape index (κ1) is 12.6. The van der Waals surface area contributed by atoms with Crippen molar-refractivity contribution in [1.82, 2.24) is 20.0 Å². The number of nitrogens with zero attached hydrogens (tertiary/aromatic N) is 3. The third-order valence-electron chi connectivity index (χ3n) is 3.80. The third-order valence-corrected chi connectivity index (χ3v) is 3.80. The SMILES string of the molecule is CCNCC1CCN(C)C1c1cn(C)nc1C. The van der Waals surface area contributed by atoms with Crippen molar-refractivity contribution in [1.29, 1.82) is 0 Å². The lowest BCUT2D eigenvalue weighted by Gasteiger charge is -2.25. The lowest BCUT2D eigenvalue weighted by molar-refractivity contribution is 0.272. The molecule has 0 spiro atoms. The highest BCUT2D eigenvalue weighted by Crippen LogP contribution is 2.36. The Morgan fingerprint density at radius 3 is 2.82 bits per heavy atom. The maximum absolute atomic E-state index is 4.47. The second-order valence-corrected chi connectivity index (χ2v) is 5.13. The summed E-state index contributed by atoms with van der Waals surface area (Å²) in [6, 6.07) is 0.530. The summed E-state index contributed by atoms with van der Waals surface area (Å²) in [5, 5.41) is 7.96. The normalized spacial score (nSPS) is 25.6. The van der Waals surface area contributed by atoms with Crippen molar-refractivity contribution in [2.45, 2.75) is 26.3 Å². The number of hydrogen-bond acceptors (Lipinski definition) is 3. The first-order chi connectivity index (χ1) is 8.13. The molecule has 96 valence electrons. The molecule has 4 nitrogen and oxygen atoms in total. The van der Waals surface area contributed by atoms with Crippen LogP contribution in [0.15, 0.2) is 6.20 Å². The van der Waals surface area contributed by atoms with E-state index in [9.17, 15) is 0 Å². The maximum atomic E-state index is 4.47. The minimum absolute atomic E-state index is 0.530. The van der Waals surface area contributed by atoms with Gasteiger partial charge in [-0.05, 0) is 45.9 Å². The Balaban J connectivity index is 2.18. The van der Waals surface area contributed by atoms with Crippen molar-refractivity contribution in [3.05, 3.63) is 17.5 Å². The van der Waals surface area contributed by atoms with Crippen LogP contribution >= 0.6 is 0 Å². The summed E-state index contributed by atoms with van der Waals surface area (Å²) < 4.78 is 1.93. The van der Waals surface area contributed by atoms with Gasteiger partial charge in [-0.25, -0.2) is 0 Å². The minimum Gasteiger partial charge on any atom is -0.317 e. The zero-order valence-corrected chi connectivity index (χ0v) is 11.4.